The Morgan fingerprint density at radius 1 is 1.43 bits per heavy atom. The molecule has 0 saturated carbocycles. The van der Waals surface area contributed by atoms with Crippen LogP contribution in [0.4, 0.5) is 0 Å². The molecule has 2 aromatic rings. The van der Waals surface area contributed by atoms with Gasteiger partial charge in [-0.25, -0.2) is 0 Å². The summed E-state index contributed by atoms with van der Waals surface area (Å²) >= 11 is 0. The number of fused-ring (bicyclic) bond motifs is 1. The molecule has 108 valence electrons. The first-order valence-electron chi connectivity index (χ1n) is 6.87. The summed E-state index contributed by atoms with van der Waals surface area (Å²) in [5, 5.41) is 10.2. The monoisotopic (exact) mass is 283 g/mol. The van der Waals surface area contributed by atoms with Crippen LogP contribution in [0.15, 0.2) is 35.1 Å². The Bertz CT molecular complexity index is 758. The number of aromatic amines is 1. The van der Waals surface area contributed by atoms with Crippen LogP contribution in [0.3, 0.4) is 0 Å². The number of H-pyrrole nitrogens is 1. The van der Waals surface area contributed by atoms with Crippen molar-refractivity contribution in [2.75, 3.05) is 13.1 Å². The standard InChI is InChI=1S/C16H17N3O2/c1-3-19(10-11(2)9-17)16(21)14-8-12-6-4-5-7-13(12)15(20)18-14/h4-8,11H,3,10H2,1-2H3,(H,18,20)/t11-/m0/s1. The molecule has 1 amide bonds. The largest absolute Gasteiger partial charge is 0.336 e. The molecule has 1 atom stereocenters. The molecule has 0 bridgehead atoms. The second-order valence-corrected chi connectivity index (χ2v) is 4.97. The van der Waals surface area contributed by atoms with Gasteiger partial charge in [-0.1, -0.05) is 18.2 Å². The molecule has 0 aliphatic carbocycles. The van der Waals surface area contributed by atoms with E-state index in [2.05, 4.69) is 11.1 Å². The number of hydrogen-bond acceptors (Lipinski definition) is 3. The van der Waals surface area contributed by atoms with Gasteiger partial charge in [-0.3, -0.25) is 9.59 Å². The van der Waals surface area contributed by atoms with Crippen molar-refractivity contribution in [3.05, 3.63) is 46.4 Å². The number of nitrogens with zero attached hydrogens (tertiary/aromatic N) is 2. The van der Waals surface area contributed by atoms with E-state index in [4.69, 9.17) is 5.26 Å². The molecule has 0 unspecified atom stereocenters. The van der Waals surface area contributed by atoms with Crippen LogP contribution in [0, 0.1) is 17.2 Å². The summed E-state index contributed by atoms with van der Waals surface area (Å²) in [4.78, 5) is 28.7. The molecule has 1 N–H and O–H groups in total. The Kier molecular flexibility index (Phi) is 4.39. The molecular formula is C16H17N3O2. The number of hydrogen-bond donors (Lipinski definition) is 1. The Morgan fingerprint density at radius 2 is 2.14 bits per heavy atom. The Balaban J connectivity index is 2.39. The minimum atomic E-state index is -0.277. The predicted octanol–water partition coefficient (Wildman–Crippen LogP) is 2.15. The molecule has 0 radical (unpaired) electrons. The maximum absolute atomic E-state index is 12.5. The van der Waals surface area contributed by atoms with E-state index < -0.39 is 0 Å². The molecule has 5 heteroatoms. The van der Waals surface area contributed by atoms with Crippen LogP contribution in [0.2, 0.25) is 0 Å². The Hall–Kier alpha value is -2.61. The van der Waals surface area contributed by atoms with E-state index in [1.807, 2.05) is 13.0 Å². The van der Waals surface area contributed by atoms with E-state index in [1.165, 1.54) is 0 Å². The zero-order valence-corrected chi connectivity index (χ0v) is 12.1. The van der Waals surface area contributed by atoms with Crippen LogP contribution in [-0.4, -0.2) is 28.9 Å². The Labute approximate surface area is 122 Å². The van der Waals surface area contributed by atoms with Gasteiger partial charge in [-0.15, -0.1) is 0 Å². The highest BCUT2D eigenvalue weighted by molar-refractivity contribution is 5.96. The lowest BCUT2D eigenvalue weighted by atomic mass is 10.1. The van der Waals surface area contributed by atoms with E-state index in [1.54, 1.807) is 36.1 Å². The minimum absolute atomic E-state index is 0.249. The lowest BCUT2D eigenvalue weighted by Crippen LogP contribution is -2.35. The summed E-state index contributed by atoms with van der Waals surface area (Å²) in [6, 6.07) is 10.9. The Morgan fingerprint density at radius 3 is 2.81 bits per heavy atom. The van der Waals surface area contributed by atoms with E-state index in [9.17, 15) is 9.59 Å². The van der Waals surface area contributed by atoms with Gasteiger partial charge in [0.25, 0.3) is 11.5 Å². The van der Waals surface area contributed by atoms with Crippen molar-refractivity contribution >= 4 is 16.7 Å². The second kappa shape index (κ2) is 6.23. The number of aromatic nitrogens is 1. The first-order valence-corrected chi connectivity index (χ1v) is 6.87. The SMILES string of the molecule is CCN(C[C@@H](C)C#N)C(=O)c1cc2ccccc2c(=O)[nH]1. The molecule has 0 fully saturated rings. The number of carbonyl (C=O) groups excluding carboxylic acids is 1. The van der Waals surface area contributed by atoms with Crippen LogP contribution in [0.1, 0.15) is 24.3 Å². The van der Waals surface area contributed by atoms with Crippen molar-refractivity contribution in [3.63, 3.8) is 0 Å². The van der Waals surface area contributed by atoms with Crippen LogP contribution in [0.25, 0.3) is 10.8 Å². The lowest BCUT2D eigenvalue weighted by molar-refractivity contribution is 0.0747. The van der Waals surface area contributed by atoms with Crippen molar-refractivity contribution in [1.82, 2.24) is 9.88 Å². The van der Waals surface area contributed by atoms with E-state index in [0.29, 0.717) is 18.5 Å². The van der Waals surface area contributed by atoms with Gasteiger partial charge in [0, 0.05) is 18.5 Å². The van der Waals surface area contributed by atoms with Crippen LogP contribution >= 0.6 is 0 Å². The number of pyridine rings is 1. The average Bonchev–Trinajstić information content (AvgIpc) is 2.51. The molecule has 1 heterocycles. The molecule has 5 nitrogen and oxygen atoms in total. The van der Waals surface area contributed by atoms with Gasteiger partial charge in [0.1, 0.15) is 5.69 Å². The fraction of sp³-hybridized carbons (Fsp3) is 0.312. The molecule has 0 aliphatic heterocycles. The first kappa shape index (κ1) is 14.8. The summed E-state index contributed by atoms with van der Waals surface area (Å²) in [6.45, 7) is 4.45. The van der Waals surface area contributed by atoms with E-state index in [-0.39, 0.29) is 23.1 Å². The first-order chi connectivity index (χ1) is 10.1. The van der Waals surface area contributed by atoms with Gasteiger partial charge < -0.3 is 9.88 Å². The highest BCUT2D eigenvalue weighted by Crippen LogP contribution is 2.12. The summed E-state index contributed by atoms with van der Waals surface area (Å²) in [6.07, 6.45) is 0. The van der Waals surface area contributed by atoms with E-state index >= 15 is 0 Å². The molecule has 1 aromatic carbocycles. The number of nitriles is 1. The highest BCUT2D eigenvalue weighted by Gasteiger charge is 2.18. The number of rotatable bonds is 4. The van der Waals surface area contributed by atoms with E-state index in [0.717, 1.165) is 5.39 Å². The van der Waals surface area contributed by atoms with Gasteiger partial charge in [0.05, 0.1) is 12.0 Å². The zero-order chi connectivity index (χ0) is 15.4. The predicted molar refractivity (Wildman–Crippen MR) is 80.9 cm³/mol. The smallest absolute Gasteiger partial charge is 0.270 e. The normalized spacial score (nSPS) is 11.9. The minimum Gasteiger partial charge on any atom is -0.336 e. The van der Waals surface area contributed by atoms with Crippen LogP contribution in [-0.2, 0) is 0 Å². The number of amides is 1. The van der Waals surface area contributed by atoms with Crippen LogP contribution < -0.4 is 5.56 Å². The number of benzene rings is 1. The fourth-order valence-electron chi connectivity index (χ4n) is 2.22. The van der Waals surface area contributed by atoms with Gasteiger partial charge in [-0.05, 0) is 31.4 Å². The highest BCUT2D eigenvalue weighted by atomic mass is 16.2. The van der Waals surface area contributed by atoms with Gasteiger partial charge in [0.15, 0.2) is 0 Å². The average molecular weight is 283 g/mol. The summed E-state index contributed by atoms with van der Waals surface area (Å²) < 4.78 is 0. The lowest BCUT2D eigenvalue weighted by Gasteiger charge is -2.21. The third-order valence-electron chi connectivity index (χ3n) is 3.37. The van der Waals surface area contributed by atoms with Gasteiger partial charge in [0.2, 0.25) is 0 Å². The van der Waals surface area contributed by atoms with Crippen molar-refractivity contribution in [3.8, 4) is 6.07 Å². The number of nitrogens with one attached hydrogen (secondary N) is 1. The van der Waals surface area contributed by atoms with Crippen molar-refractivity contribution < 1.29 is 4.79 Å². The molecule has 21 heavy (non-hydrogen) atoms. The fourth-order valence-corrected chi connectivity index (χ4v) is 2.22. The molecule has 0 saturated heterocycles. The van der Waals surface area contributed by atoms with Gasteiger partial charge >= 0.3 is 0 Å². The second-order valence-electron chi connectivity index (χ2n) is 4.97. The molecule has 2 rings (SSSR count). The molecule has 0 aliphatic rings. The quantitative estimate of drug-likeness (QED) is 0.934. The third kappa shape index (κ3) is 3.11. The maximum atomic E-state index is 12.5. The summed E-state index contributed by atoms with van der Waals surface area (Å²) in [7, 11) is 0. The van der Waals surface area contributed by atoms with Gasteiger partial charge in [-0.2, -0.15) is 5.26 Å². The van der Waals surface area contributed by atoms with Crippen molar-refractivity contribution in [2.24, 2.45) is 5.92 Å². The molecule has 1 aromatic heterocycles. The number of carbonyl (C=O) groups is 1. The molecular weight excluding hydrogens is 266 g/mol. The zero-order valence-electron chi connectivity index (χ0n) is 12.1. The topological polar surface area (TPSA) is 77.0 Å². The van der Waals surface area contributed by atoms with Crippen molar-refractivity contribution in [1.29, 1.82) is 5.26 Å². The summed E-state index contributed by atoms with van der Waals surface area (Å²) in [5.41, 5.74) is -0.0217. The summed E-state index contributed by atoms with van der Waals surface area (Å²) in [5.74, 6) is -0.511. The van der Waals surface area contributed by atoms with Crippen molar-refractivity contribution in [2.45, 2.75) is 13.8 Å². The third-order valence-corrected chi connectivity index (χ3v) is 3.37. The molecule has 0 spiro atoms. The maximum Gasteiger partial charge on any atom is 0.270 e. The van der Waals surface area contributed by atoms with Crippen LogP contribution in [0.5, 0.6) is 0 Å².